The van der Waals surface area contributed by atoms with Crippen LogP contribution >= 0.6 is 0 Å². The van der Waals surface area contributed by atoms with Gasteiger partial charge in [-0.25, -0.2) is 4.98 Å². The zero-order valence-electron chi connectivity index (χ0n) is 8.63. The van der Waals surface area contributed by atoms with Crippen LogP contribution in [0.15, 0.2) is 18.3 Å². The van der Waals surface area contributed by atoms with E-state index in [0.717, 1.165) is 12.8 Å². The summed E-state index contributed by atoms with van der Waals surface area (Å²) in [5, 5.41) is 9.41. The van der Waals surface area contributed by atoms with Gasteiger partial charge < -0.3 is 5.11 Å². The maximum Gasteiger partial charge on any atom is 0.302 e. The van der Waals surface area contributed by atoms with Crippen LogP contribution in [-0.4, -0.2) is 35.9 Å². The second-order valence-corrected chi connectivity index (χ2v) is 5.26. The predicted octanol–water partition coefficient (Wildman–Crippen LogP) is 0.540. The first-order chi connectivity index (χ1) is 7.59. The Morgan fingerprint density at radius 3 is 2.69 bits per heavy atom. The van der Waals surface area contributed by atoms with E-state index in [0.29, 0.717) is 13.1 Å². The van der Waals surface area contributed by atoms with Gasteiger partial charge in [0.2, 0.25) is 0 Å². The Morgan fingerprint density at radius 1 is 1.38 bits per heavy atom. The molecule has 0 bridgehead atoms. The highest BCUT2D eigenvalue weighted by molar-refractivity contribution is 7.90. The van der Waals surface area contributed by atoms with Crippen LogP contribution in [0.4, 0.5) is 5.82 Å². The molecule has 0 amide bonds. The number of aromatic nitrogens is 1. The van der Waals surface area contributed by atoms with Gasteiger partial charge in [0, 0.05) is 19.3 Å². The Bertz CT molecular complexity index is 469. The van der Waals surface area contributed by atoms with Crippen molar-refractivity contribution in [2.24, 2.45) is 0 Å². The molecule has 2 N–H and O–H groups in total. The topological polar surface area (TPSA) is 82.5 Å². The Hall–Kier alpha value is -1.34. The van der Waals surface area contributed by atoms with E-state index in [-0.39, 0.29) is 11.6 Å². The summed E-state index contributed by atoms with van der Waals surface area (Å²) < 4.78 is 27.3. The molecule has 2 heterocycles. The minimum absolute atomic E-state index is 0.0330. The summed E-state index contributed by atoms with van der Waals surface area (Å²) in [6.45, 7) is 1.03. The van der Waals surface area contributed by atoms with Crippen LogP contribution in [-0.2, 0) is 10.2 Å². The average Bonchev–Trinajstić information content (AvgIpc) is 2.75. The molecule has 1 aliphatic rings. The SMILES string of the molecule is O=S(=O)(Nc1ncccc1O)N1CCCC1. The molecule has 0 atom stereocenters. The first-order valence-corrected chi connectivity index (χ1v) is 6.45. The fourth-order valence-corrected chi connectivity index (χ4v) is 2.86. The summed E-state index contributed by atoms with van der Waals surface area (Å²) in [4.78, 5) is 3.77. The highest BCUT2D eigenvalue weighted by atomic mass is 32.2. The molecule has 1 fully saturated rings. The Balaban J connectivity index is 2.18. The van der Waals surface area contributed by atoms with Gasteiger partial charge in [0.15, 0.2) is 11.6 Å². The Morgan fingerprint density at radius 2 is 2.06 bits per heavy atom. The molecule has 0 spiro atoms. The highest BCUT2D eigenvalue weighted by Crippen LogP contribution is 2.22. The quantitative estimate of drug-likeness (QED) is 0.811. The summed E-state index contributed by atoms with van der Waals surface area (Å²) in [5.74, 6) is -0.209. The van der Waals surface area contributed by atoms with Crippen LogP contribution in [0.2, 0.25) is 0 Å². The van der Waals surface area contributed by atoms with E-state index in [9.17, 15) is 13.5 Å². The summed E-state index contributed by atoms with van der Waals surface area (Å²) in [6, 6.07) is 2.91. The second kappa shape index (κ2) is 4.26. The van der Waals surface area contributed by atoms with Crippen molar-refractivity contribution < 1.29 is 13.5 Å². The minimum atomic E-state index is -3.57. The summed E-state index contributed by atoms with van der Waals surface area (Å²) in [6.07, 6.45) is 3.16. The van der Waals surface area contributed by atoms with Crippen LogP contribution in [0.1, 0.15) is 12.8 Å². The molecule has 0 unspecified atom stereocenters. The molecule has 0 saturated carbocycles. The van der Waals surface area contributed by atoms with Crippen molar-refractivity contribution in [3.8, 4) is 5.75 Å². The first kappa shape index (κ1) is 11.2. The first-order valence-electron chi connectivity index (χ1n) is 5.01. The lowest BCUT2D eigenvalue weighted by atomic mass is 10.4. The monoisotopic (exact) mass is 243 g/mol. The van der Waals surface area contributed by atoms with Crippen LogP contribution in [0, 0.1) is 0 Å². The van der Waals surface area contributed by atoms with Gasteiger partial charge >= 0.3 is 10.2 Å². The molecule has 0 radical (unpaired) electrons. The summed E-state index contributed by atoms with van der Waals surface area (Å²) in [7, 11) is -3.57. The molecule has 2 rings (SSSR count). The van der Waals surface area contributed by atoms with Crippen LogP contribution < -0.4 is 4.72 Å². The molecule has 88 valence electrons. The number of nitrogens with zero attached hydrogens (tertiary/aromatic N) is 2. The molecule has 16 heavy (non-hydrogen) atoms. The number of nitrogens with one attached hydrogen (secondary N) is 1. The number of hydrogen-bond acceptors (Lipinski definition) is 4. The fraction of sp³-hybridized carbons (Fsp3) is 0.444. The Kier molecular flexibility index (Phi) is 2.97. The third-order valence-corrected chi connectivity index (χ3v) is 3.91. The van der Waals surface area contributed by atoms with Gasteiger partial charge in [0.25, 0.3) is 0 Å². The lowest BCUT2D eigenvalue weighted by molar-refractivity contribution is 0.470. The normalized spacial score (nSPS) is 17.5. The van der Waals surface area contributed by atoms with Crippen molar-refractivity contribution in [1.82, 2.24) is 9.29 Å². The van der Waals surface area contributed by atoms with E-state index in [1.54, 1.807) is 0 Å². The van der Waals surface area contributed by atoms with Gasteiger partial charge in [0.1, 0.15) is 0 Å². The molecule has 0 aromatic carbocycles. The molecule has 1 aliphatic heterocycles. The van der Waals surface area contributed by atoms with Gasteiger partial charge in [-0.3, -0.25) is 4.72 Å². The van der Waals surface area contributed by atoms with E-state index >= 15 is 0 Å². The van der Waals surface area contributed by atoms with E-state index in [4.69, 9.17) is 0 Å². The standard InChI is InChI=1S/C9H13N3O3S/c13-8-4-3-5-10-9(8)11-16(14,15)12-6-1-2-7-12/h3-5,13H,1-2,6-7H2,(H,10,11). The van der Waals surface area contributed by atoms with Gasteiger partial charge in [-0.15, -0.1) is 0 Å². The van der Waals surface area contributed by atoms with Crippen LogP contribution in [0.5, 0.6) is 5.75 Å². The van der Waals surface area contributed by atoms with Gasteiger partial charge in [-0.1, -0.05) is 0 Å². The zero-order chi connectivity index (χ0) is 11.6. The summed E-state index contributed by atoms with van der Waals surface area (Å²) in [5.41, 5.74) is 0. The van der Waals surface area contributed by atoms with Gasteiger partial charge in [-0.05, 0) is 25.0 Å². The number of pyridine rings is 1. The van der Waals surface area contributed by atoms with Crippen molar-refractivity contribution in [2.45, 2.75) is 12.8 Å². The lowest BCUT2D eigenvalue weighted by Crippen LogP contribution is -2.33. The maximum atomic E-state index is 11.8. The average molecular weight is 243 g/mol. The maximum absolute atomic E-state index is 11.8. The van der Waals surface area contributed by atoms with Crippen molar-refractivity contribution in [1.29, 1.82) is 0 Å². The molecular formula is C9H13N3O3S. The third-order valence-electron chi connectivity index (χ3n) is 2.42. The Labute approximate surface area is 94.1 Å². The van der Waals surface area contributed by atoms with Crippen LogP contribution in [0.3, 0.4) is 0 Å². The van der Waals surface area contributed by atoms with E-state index in [1.165, 1.54) is 22.6 Å². The van der Waals surface area contributed by atoms with Crippen LogP contribution in [0.25, 0.3) is 0 Å². The predicted molar refractivity (Wildman–Crippen MR) is 59.3 cm³/mol. The van der Waals surface area contributed by atoms with Gasteiger partial charge in [0.05, 0.1) is 0 Å². The van der Waals surface area contributed by atoms with Crippen molar-refractivity contribution >= 4 is 16.0 Å². The summed E-state index contributed by atoms with van der Waals surface area (Å²) >= 11 is 0. The largest absolute Gasteiger partial charge is 0.504 e. The van der Waals surface area contributed by atoms with E-state index < -0.39 is 10.2 Å². The number of rotatable bonds is 3. The van der Waals surface area contributed by atoms with Crippen molar-refractivity contribution in [3.63, 3.8) is 0 Å². The second-order valence-electron chi connectivity index (χ2n) is 3.58. The molecule has 1 saturated heterocycles. The third kappa shape index (κ3) is 2.25. The minimum Gasteiger partial charge on any atom is -0.504 e. The lowest BCUT2D eigenvalue weighted by Gasteiger charge is -2.16. The zero-order valence-corrected chi connectivity index (χ0v) is 9.44. The fourth-order valence-electron chi connectivity index (χ4n) is 1.59. The molecule has 1 aromatic rings. The van der Waals surface area contributed by atoms with E-state index in [2.05, 4.69) is 9.71 Å². The number of hydrogen-bond donors (Lipinski definition) is 2. The molecule has 7 heteroatoms. The van der Waals surface area contributed by atoms with E-state index in [1.807, 2.05) is 0 Å². The number of aromatic hydroxyl groups is 1. The molecule has 0 aliphatic carbocycles. The van der Waals surface area contributed by atoms with Crippen molar-refractivity contribution in [3.05, 3.63) is 18.3 Å². The molecule has 1 aromatic heterocycles. The van der Waals surface area contributed by atoms with Gasteiger partial charge in [-0.2, -0.15) is 12.7 Å². The number of anilines is 1. The molecular weight excluding hydrogens is 230 g/mol. The molecule has 6 nitrogen and oxygen atoms in total. The van der Waals surface area contributed by atoms with Crippen molar-refractivity contribution in [2.75, 3.05) is 17.8 Å². The smallest absolute Gasteiger partial charge is 0.302 e. The highest BCUT2D eigenvalue weighted by Gasteiger charge is 2.26.